The molecule has 38 heavy (non-hydrogen) atoms. The van der Waals surface area contributed by atoms with Crippen molar-refractivity contribution in [2.45, 2.75) is 16.9 Å². The molecule has 0 atom stereocenters. The van der Waals surface area contributed by atoms with Crippen molar-refractivity contribution in [2.24, 2.45) is 14.1 Å². The zero-order valence-corrected chi connectivity index (χ0v) is 21.4. The molecule has 12 heteroatoms. The van der Waals surface area contributed by atoms with Crippen LogP contribution in [0, 0.1) is 11.3 Å². The highest BCUT2D eigenvalue weighted by Crippen LogP contribution is 2.29. The first-order valence-corrected chi connectivity index (χ1v) is 12.2. The smallest absolute Gasteiger partial charge is 0.332 e. The van der Waals surface area contributed by atoms with Crippen LogP contribution in [-0.2, 0) is 20.6 Å². The molecular weight excluding hydrogens is 506 g/mol. The lowest BCUT2D eigenvalue weighted by molar-refractivity contribution is 0.415. The molecule has 0 spiro atoms. The minimum atomic E-state index is -0.607. The summed E-state index contributed by atoms with van der Waals surface area (Å²) in [5, 5.41) is 10.1. The molecule has 1 N–H and O–H groups in total. The molecule has 5 rings (SSSR count). The lowest BCUT2D eigenvalue weighted by Gasteiger charge is -2.10. The maximum Gasteiger partial charge on any atom is 0.332 e. The Labute approximate surface area is 219 Å². The molecule has 0 amide bonds. The van der Waals surface area contributed by atoms with Gasteiger partial charge in [-0.05, 0) is 41.6 Å². The zero-order chi connectivity index (χ0) is 27.0. The molecule has 0 aliphatic carbocycles. The van der Waals surface area contributed by atoms with E-state index >= 15 is 0 Å². The van der Waals surface area contributed by atoms with Gasteiger partial charge in [0.1, 0.15) is 17.4 Å². The fourth-order valence-corrected chi connectivity index (χ4v) is 4.92. The Balaban J connectivity index is 1.69. The molecule has 0 saturated heterocycles. The number of nitrogens with one attached hydrogen (secondary N) is 1. The molecule has 3 aromatic heterocycles. The molecule has 0 bridgehead atoms. The number of aromatic amines is 1. The number of ether oxygens (including phenoxy) is 1. The molecule has 11 nitrogen and oxygen atoms in total. The minimum Gasteiger partial charge on any atom is -0.497 e. The summed E-state index contributed by atoms with van der Waals surface area (Å²) in [6.45, 7) is 0.291. The Morgan fingerprint density at radius 3 is 2.37 bits per heavy atom. The van der Waals surface area contributed by atoms with E-state index in [4.69, 9.17) is 4.74 Å². The van der Waals surface area contributed by atoms with Gasteiger partial charge in [-0.3, -0.25) is 23.7 Å². The first-order valence-electron chi connectivity index (χ1n) is 11.4. The van der Waals surface area contributed by atoms with Crippen LogP contribution < -0.4 is 21.5 Å². The molecule has 5 aromatic rings. The van der Waals surface area contributed by atoms with E-state index in [0.717, 1.165) is 21.9 Å². The quantitative estimate of drug-likeness (QED) is 0.332. The van der Waals surface area contributed by atoms with Gasteiger partial charge in [-0.25, -0.2) is 14.8 Å². The number of rotatable bonds is 6. The van der Waals surface area contributed by atoms with Crippen LogP contribution in [-0.4, -0.2) is 35.8 Å². The SMILES string of the molecule is COc1ccc(-c2nc(Sc3nc4c(c(=O)n(C)c(=O)n4C)n3Cc3ccccc3)[nH]c(=O)c2C#N)cc1. The molecule has 0 aliphatic heterocycles. The van der Waals surface area contributed by atoms with Crippen molar-refractivity contribution >= 4 is 22.9 Å². The molecule has 3 heterocycles. The van der Waals surface area contributed by atoms with E-state index in [1.807, 2.05) is 36.4 Å². The number of fused-ring (bicyclic) bond motifs is 1. The van der Waals surface area contributed by atoms with Crippen LogP contribution in [0.15, 0.2) is 79.3 Å². The summed E-state index contributed by atoms with van der Waals surface area (Å²) in [6, 6.07) is 18.2. The number of methoxy groups -OCH3 is 1. The van der Waals surface area contributed by atoms with E-state index < -0.39 is 16.8 Å². The number of hydrogen-bond acceptors (Lipinski definition) is 8. The van der Waals surface area contributed by atoms with Crippen molar-refractivity contribution < 1.29 is 4.74 Å². The van der Waals surface area contributed by atoms with Gasteiger partial charge in [0.2, 0.25) is 0 Å². The number of nitriles is 1. The fraction of sp³-hybridized carbons (Fsp3) is 0.154. The molecule has 0 radical (unpaired) electrons. The van der Waals surface area contributed by atoms with Crippen LogP contribution in [0.25, 0.3) is 22.4 Å². The van der Waals surface area contributed by atoms with Crippen molar-refractivity contribution in [3.63, 3.8) is 0 Å². The molecule has 2 aromatic carbocycles. The van der Waals surface area contributed by atoms with E-state index in [0.29, 0.717) is 23.0 Å². The minimum absolute atomic E-state index is 0.131. The van der Waals surface area contributed by atoms with Crippen LogP contribution >= 0.6 is 11.8 Å². The Kier molecular flexibility index (Phi) is 6.44. The summed E-state index contributed by atoms with van der Waals surface area (Å²) >= 11 is 1.03. The van der Waals surface area contributed by atoms with E-state index in [1.165, 1.54) is 11.6 Å². The first kappa shape index (κ1) is 24.8. The van der Waals surface area contributed by atoms with Crippen molar-refractivity contribution in [3.8, 4) is 23.1 Å². The highest BCUT2D eigenvalue weighted by molar-refractivity contribution is 7.99. The summed E-state index contributed by atoms with van der Waals surface area (Å²) < 4.78 is 9.23. The third-order valence-electron chi connectivity index (χ3n) is 6.06. The van der Waals surface area contributed by atoms with E-state index in [2.05, 4.69) is 15.0 Å². The molecule has 0 unspecified atom stereocenters. The van der Waals surface area contributed by atoms with E-state index in [-0.39, 0.29) is 27.6 Å². The predicted molar refractivity (Wildman–Crippen MR) is 141 cm³/mol. The van der Waals surface area contributed by atoms with Gasteiger partial charge in [0, 0.05) is 19.7 Å². The number of benzene rings is 2. The second-order valence-corrected chi connectivity index (χ2v) is 9.34. The summed E-state index contributed by atoms with van der Waals surface area (Å²) in [6.07, 6.45) is 0. The predicted octanol–water partition coefficient (Wildman–Crippen LogP) is 2.26. The highest BCUT2D eigenvalue weighted by Gasteiger charge is 2.22. The second kappa shape index (κ2) is 9.87. The van der Waals surface area contributed by atoms with Crippen LogP contribution in [0.5, 0.6) is 5.75 Å². The second-order valence-electron chi connectivity index (χ2n) is 8.38. The first-order chi connectivity index (χ1) is 18.3. The Hall–Kier alpha value is -4.89. The standard InChI is InChI=1S/C26H21N7O4S/c1-31-21-20(23(35)32(2)26(31)36)33(14-15-7-5-4-6-8-15)25(29-21)38-24-28-19(18(13-27)22(34)30-24)16-9-11-17(37-3)12-10-16/h4-12H,14H2,1-3H3,(H,28,30,34). The van der Waals surface area contributed by atoms with Crippen LogP contribution in [0.1, 0.15) is 11.1 Å². The highest BCUT2D eigenvalue weighted by atomic mass is 32.2. The molecule has 0 fully saturated rings. The van der Waals surface area contributed by atoms with Crippen molar-refractivity contribution in [1.29, 1.82) is 5.26 Å². The zero-order valence-electron chi connectivity index (χ0n) is 20.6. The summed E-state index contributed by atoms with van der Waals surface area (Å²) in [7, 11) is 4.50. The summed E-state index contributed by atoms with van der Waals surface area (Å²) in [5.74, 6) is 0.619. The third-order valence-corrected chi connectivity index (χ3v) is 6.94. The van der Waals surface area contributed by atoms with Gasteiger partial charge in [0.15, 0.2) is 21.5 Å². The Morgan fingerprint density at radius 1 is 1.00 bits per heavy atom. The monoisotopic (exact) mass is 527 g/mol. The maximum atomic E-state index is 13.2. The van der Waals surface area contributed by atoms with Gasteiger partial charge < -0.3 is 9.30 Å². The van der Waals surface area contributed by atoms with Crippen LogP contribution in [0.4, 0.5) is 0 Å². The van der Waals surface area contributed by atoms with Crippen LogP contribution in [0.2, 0.25) is 0 Å². The largest absolute Gasteiger partial charge is 0.497 e. The van der Waals surface area contributed by atoms with Gasteiger partial charge in [0.05, 0.1) is 19.3 Å². The molecule has 190 valence electrons. The maximum absolute atomic E-state index is 13.2. The average Bonchev–Trinajstić information content (AvgIpc) is 3.28. The van der Waals surface area contributed by atoms with Gasteiger partial charge in [-0.2, -0.15) is 5.26 Å². The Morgan fingerprint density at radius 2 is 1.71 bits per heavy atom. The van der Waals surface area contributed by atoms with Gasteiger partial charge in [-0.1, -0.05) is 30.3 Å². The molecular formula is C26H21N7O4S. The molecule has 0 saturated carbocycles. The number of nitrogens with zero attached hydrogens (tertiary/aromatic N) is 6. The Bertz CT molecular complexity index is 1900. The average molecular weight is 528 g/mol. The van der Waals surface area contributed by atoms with Gasteiger partial charge in [-0.15, -0.1) is 0 Å². The summed E-state index contributed by atoms with van der Waals surface area (Å²) in [4.78, 5) is 50.4. The van der Waals surface area contributed by atoms with Gasteiger partial charge >= 0.3 is 5.69 Å². The number of imidazole rings is 1. The number of hydrogen-bond donors (Lipinski definition) is 1. The fourth-order valence-electron chi connectivity index (χ4n) is 4.07. The van der Waals surface area contributed by atoms with Gasteiger partial charge in [0.25, 0.3) is 11.1 Å². The van der Waals surface area contributed by atoms with Crippen molar-refractivity contribution in [2.75, 3.05) is 7.11 Å². The normalized spacial score (nSPS) is 11.0. The van der Waals surface area contributed by atoms with E-state index in [1.54, 1.807) is 43.0 Å². The lowest BCUT2D eigenvalue weighted by atomic mass is 10.1. The van der Waals surface area contributed by atoms with E-state index in [9.17, 15) is 19.6 Å². The lowest BCUT2D eigenvalue weighted by Crippen LogP contribution is -2.37. The van der Waals surface area contributed by atoms with Crippen molar-refractivity contribution in [3.05, 3.63) is 96.9 Å². The topological polar surface area (TPSA) is 141 Å². The van der Waals surface area contributed by atoms with Crippen LogP contribution in [0.3, 0.4) is 0 Å². The number of H-pyrrole nitrogens is 1. The van der Waals surface area contributed by atoms with Crippen molar-refractivity contribution in [1.82, 2.24) is 28.7 Å². The summed E-state index contributed by atoms with van der Waals surface area (Å²) in [5.41, 5.74) is 0.395. The number of aryl methyl sites for hydroxylation is 1. The molecule has 0 aliphatic rings. The third kappa shape index (κ3) is 4.29. The number of aromatic nitrogens is 6.